The molecule has 0 aliphatic carbocycles. The quantitative estimate of drug-likeness (QED) is 0.747. The minimum Gasteiger partial charge on any atom is -0.322 e. The van der Waals surface area contributed by atoms with Crippen LogP contribution in [0.2, 0.25) is 0 Å². The molecule has 4 aliphatic rings. The number of hydrogen-bond donors (Lipinski definition) is 2. The van der Waals surface area contributed by atoms with Crippen LogP contribution in [0.1, 0.15) is 40.7 Å². The first kappa shape index (κ1) is 16.9. The molecule has 3 saturated heterocycles. The van der Waals surface area contributed by atoms with Crippen LogP contribution in [0.3, 0.4) is 0 Å². The SMILES string of the molecule is O=C1CCC(N2Cc3ccc(CN4CC5CNCCC54)cc3C2=O)C(=O)N1. The molecule has 2 N–H and O–H groups in total. The molecule has 0 spiro atoms. The van der Waals surface area contributed by atoms with Crippen LogP contribution in [-0.2, 0) is 22.7 Å². The van der Waals surface area contributed by atoms with Crippen LogP contribution >= 0.6 is 0 Å². The summed E-state index contributed by atoms with van der Waals surface area (Å²) in [6.07, 6.45) is 1.88. The summed E-state index contributed by atoms with van der Waals surface area (Å²) in [4.78, 5) is 40.5. The molecule has 7 heteroatoms. The number of piperidine rings is 2. The van der Waals surface area contributed by atoms with Gasteiger partial charge in [-0.3, -0.25) is 24.6 Å². The summed E-state index contributed by atoms with van der Waals surface area (Å²) in [7, 11) is 0. The molecule has 5 rings (SSSR count). The number of hydrogen-bond acceptors (Lipinski definition) is 5. The molecule has 0 aromatic heterocycles. The van der Waals surface area contributed by atoms with Gasteiger partial charge in [-0.15, -0.1) is 0 Å². The fourth-order valence-electron chi connectivity index (χ4n) is 4.99. The molecule has 1 aromatic carbocycles. The topological polar surface area (TPSA) is 81.8 Å². The van der Waals surface area contributed by atoms with E-state index in [-0.39, 0.29) is 24.1 Å². The Balaban J connectivity index is 1.30. The highest BCUT2D eigenvalue weighted by molar-refractivity contribution is 6.05. The Kier molecular flexibility index (Phi) is 4.02. The summed E-state index contributed by atoms with van der Waals surface area (Å²) in [5, 5.41) is 5.80. The van der Waals surface area contributed by atoms with Gasteiger partial charge >= 0.3 is 0 Å². The predicted octanol–water partition coefficient (Wildman–Crippen LogP) is 0.241. The van der Waals surface area contributed by atoms with Gasteiger partial charge in [-0.1, -0.05) is 12.1 Å². The highest BCUT2D eigenvalue weighted by Gasteiger charge is 2.41. The molecular weight excluding hydrogens is 344 g/mol. The van der Waals surface area contributed by atoms with Crippen molar-refractivity contribution >= 4 is 17.7 Å². The molecule has 3 amide bonds. The van der Waals surface area contributed by atoms with Gasteiger partial charge in [0.05, 0.1) is 0 Å². The molecule has 0 bridgehead atoms. The van der Waals surface area contributed by atoms with Gasteiger partial charge in [0.2, 0.25) is 11.8 Å². The van der Waals surface area contributed by atoms with Gasteiger partial charge in [0, 0.05) is 44.2 Å². The third-order valence-corrected chi connectivity index (χ3v) is 6.48. The van der Waals surface area contributed by atoms with Crippen molar-refractivity contribution in [2.24, 2.45) is 5.92 Å². The van der Waals surface area contributed by atoms with Crippen molar-refractivity contribution in [3.8, 4) is 0 Å². The van der Waals surface area contributed by atoms with Crippen LogP contribution in [0.5, 0.6) is 0 Å². The molecule has 3 unspecified atom stereocenters. The minimum absolute atomic E-state index is 0.0929. The maximum Gasteiger partial charge on any atom is 0.255 e. The molecule has 4 aliphatic heterocycles. The number of imide groups is 1. The van der Waals surface area contributed by atoms with E-state index in [1.165, 1.54) is 6.42 Å². The molecule has 4 heterocycles. The number of rotatable bonds is 3. The van der Waals surface area contributed by atoms with Crippen LogP contribution in [-0.4, -0.2) is 59.2 Å². The number of carbonyl (C=O) groups excluding carboxylic acids is 3. The summed E-state index contributed by atoms with van der Waals surface area (Å²) < 4.78 is 0. The Labute approximate surface area is 158 Å². The lowest BCUT2D eigenvalue weighted by molar-refractivity contribution is -0.136. The molecule has 7 nitrogen and oxygen atoms in total. The smallest absolute Gasteiger partial charge is 0.255 e. The first-order valence-corrected chi connectivity index (χ1v) is 9.81. The van der Waals surface area contributed by atoms with E-state index in [0.29, 0.717) is 24.6 Å². The summed E-state index contributed by atoms with van der Waals surface area (Å²) in [6, 6.07) is 6.24. The predicted molar refractivity (Wildman–Crippen MR) is 97.7 cm³/mol. The Morgan fingerprint density at radius 2 is 2.04 bits per heavy atom. The average Bonchev–Trinajstić information content (AvgIpc) is 2.96. The lowest BCUT2D eigenvalue weighted by Gasteiger charge is -2.51. The molecule has 0 saturated carbocycles. The lowest BCUT2D eigenvalue weighted by Crippen LogP contribution is -2.62. The number of fused-ring (bicyclic) bond motifs is 2. The van der Waals surface area contributed by atoms with Crippen molar-refractivity contribution in [1.29, 1.82) is 0 Å². The molecule has 3 fully saturated rings. The van der Waals surface area contributed by atoms with E-state index in [9.17, 15) is 14.4 Å². The van der Waals surface area contributed by atoms with Crippen molar-refractivity contribution in [3.63, 3.8) is 0 Å². The van der Waals surface area contributed by atoms with Crippen molar-refractivity contribution in [1.82, 2.24) is 20.4 Å². The Bertz CT molecular complexity index is 823. The van der Waals surface area contributed by atoms with Crippen LogP contribution in [0, 0.1) is 5.92 Å². The zero-order valence-electron chi connectivity index (χ0n) is 15.2. The van der Waals surface area contributed by atoms with Crippen LogP contribution in [0.4, 0.5) is 0 Å². The Morgan fingerprint density at radius 3 is 2.85 bits per heavy atom. The van der Waals surface area contributed by atoms with E-state index in [0.717, 1.165) is 43.2 Å². The van der Waals surface area contributed by atoms with Crippen molar-refractivity contribution in [2.75, 3.05) is 19.6 Å². The number of benzene rings is 1. The van der Waals surface area contributed by atoms with Crippen LogP contribution < -0.4 is 10.6 Å². The lowest BCUT2D eigenvalue weighted by atomic mass is 9.83. The third kappa shape index (κ3) is 2.85. The highest BCUT2D eigenvalue weighted by Crippen LogP contribution is 2.32. The van der Waals surface area contributed by atoms with Crippen LogP contribution in [0.25, 0.3) is 0 Å². The van der Waals surface area contributed by atoms with Crippen molar-refractivity contribution < 1.29 is 14.4 Å². The highest BCUT2D eigenvalue weighted by atomic mass is 16.2. The Morgan fingerprint density at radius 1 is 1.15 bits per heavy atom. The molecule has 27 heavy (non-hydrogen) atoms. The number of amides is 3. The van der Waals surface area contributed by atoms with Gasteiger partial charge in [-0.05, 0) is 42.5 Å². The maximum atomic E-state index is 12.9. The number of carbonyl (C=O) groups is 3. The molecule has 1 aromatic rings. The minimum atomic E-state index is -0.545. The van der Waals surface area contributed by atoms with Gasteiger partial charge in [0.25, 0.3) is 5.91 Å². The number of likely N-dealkylation sites (tertiary alicyclic amines) is 1. The van der Waals surface area contributed by atoms with E-state index in [4.69, 9.17) is 0 Å². The fourth-order valence-corrected chi connectivity index (χ4v) is 4.99. The van der Waals surface area contributed by atoms with Gasteiger partial charge in [-0.2, -0.15) is 0 Å². The number of nitrogens with one attached hydrogen (secondary N) is 2. The molecule has 142 valence electrons. The van der Waals surface area contributed by atoms with Gasteiger partial charge in [0.15, 0.2) is 0 Å². The van der Waals surface area contributed by atoms with Gasteiger partial charge in [-0.25, -0.2) is 0 Å². The second-order valence-electron chi connectivity index (χ2n) is 8.14. The fraction of sp³-hybridized carbons (Fsp3) is 0.550. The normalized spacial score (nSPS) is 30.6. The standard InChI is InChI=1S/C20H24N4O3/c25-18-4-3-17(19(26)22-18)24-11-13-2-1-12(7-15(13)20(24)27)9-23-10-14-8-21-6-5-16(14)23/h1-2,7,14,16-17,21H,3-6,8-11H2,(H,22,25,26). The Hall–Kier alpha value is -2.25. The second kappa shape index (κ2) is 6.42. The third-order valence-electron chi connectivity index (χ3n) is 6.48. The molecule has 0 radical (unpaired) electrons. The van der Waals surface area contributed by atoms with Gasteiger partial charge < -0.3 is 10.2 Å². The first-order chi connectivity index (χ1) is 13.1. The van der Waals surface area contributed by atoms with E-state index in [1.54, 1.807) is 4.90 Å². The maximum absolute atomic E-state index is 12.9. The van der Waals surface area contributed by atoms with E-state index < -0.39 is 6.04 Å². The van der Waals surface area contributed by atoms with E-state index in [2.05, 4.69) is 21.6 Å². The van der Waals surface area contributed by atoms with Crippen molar-refractivity contribution in [2.45, 2.75) is 44.4 Å². The van der Waals surface area contributed by atoms with E-state index in [1.807, 2.05) is 12.1 Å². The summed E-state index contributed by atoms with van der Waals surface area (Å²) in [5.74, 6) is 0.0566. The van der Waals surface area contributed by atoms with E-state index >= 15 is 0 Å². The van der Waals surface area contributed by atoms with Crippen molar-refractivity contribution in [3.05, 3.63) is 34.9 Å². The monoisotopic (exact) mass is 368 g/mol. The zero-order valence-corrected chi connectivity index (χ0v) is 15.2. The summed E-state index contributed by atoms with van der Waals surface area (Å²) in [5.41, 5.74) is 2.83. The first-order valence-electron chi connectivity index (χ1n) is 9.81. The molecule has 3 atom stereocenters. The summed E-state index contributed by atoms with van der Waals surface area (Å²) in [6.45, 7) is 4.64. The zero-order chi connectivity index (χ0) is 18.5. The average molecular weight is 368 g/mol. The van der Waals surface area contributed by atoms with Crippen LogP contribution in [0.15, 0.2) is 18.2 Å². The van der Waals surface area contributed by atoms with Gasteiger partial charge in [0.1, 0.15) is 6.04 Å². The molecular formula is C20H24N4O3. The largest absolute Gasteiger partial charge is 0.322 e. The second-order valence-corrected chi connectivity index (χ2v) is 8.14. The number of nitrogens with zero attached hydrogens (tertiary/aromatic N) is 2. The summed E-state index contributed by atoms with van der Waals surface area (Å²) >= 11 is 0.